The fourth-order valence-electron chi connectivity index (χ4n) is 2.57. The van der Waals surface area contributed by atoms with Crippen molar-refractivity contribution in [1.29, 1.82) is 0 Å². The summed E-state index contributed by atoms with van der Waals surface area (Å²) < 4.78 is 3.26. The topological polar surface area (TPSA) is 81.8 Å². The molecule has 0 unspecified atom stereocenters. The minimum atomic E-state index is -0.305. The van der Waals surface area contributed by atoms with E-state index in [4.69, 9.17) is 0 Å². The van der Waals surface area contributed by atoms with Gasteiger partial charge in [0.1, 0.15) is 11.5 Å². The molecule has 0 saturated heterocycles. The summed E-state index contributed by atoms with van der Waals surface area (Å²) in [4.78, 5) is 28.5. The Balaban J connectivity index is 1.66. The molecule has 7 nitrogen and oxygen atoms in total. The summed E-state index contributed by atoms with van der Waals surface area (Å²) in [5.41, 5.74) is 2.09. The SMILES string of the molecule is Cc1ccc(Cn2nc(C(=O)NCCn3ccnc3C)ccc2=O)cc1. The lowest BCUT2D eigenvalue weighted by Crippen LogP contribution is -2.31. The molecule has 0 saturated carbocycles. The molecule has 0 aliphatic carbocycles. The maximum Gasteiger partial charge on any atom is 0.271 e. The second-order valence-electron chi connectivity index (χ2n) is 6.12. The van der Waals surface area contributed by atoms with Crippen LogP contribution in [0.1, 0.15) is 27.4 Å². The zero-order chi connectivity index (χ0) is 18.5. The van der Waals surface area contributed by atoms with E-state index in [1.165, 1.54) is 16.8 Å². The molecule has 26 heavy (non-hydrogen) atoms. The van der Waals surface area contributed by atoms with Gasteiger partial charge in [-0.3, -0.25) is 9.59 Å². The first kappa shape index (κ1) is 17.6. The minimum Gasteiger partial charge on any atom is -0.349 e. The van der Waals surface area contributed by atoms with Crippen LogP contribution in [0.4, 0.5) is 0 Å². The van der Waals surface area contributed by atoms with E-state index in [9.17, 15) is 9.59 Å². The normalized spacial score (nSPS) is 10.7. The van der Waals surface area contributed by atoms with Crippen LogP contribution in [0.25, 0.3) is 0 Å². The van der Waals surface area contributed by atoms with Gasteiger partial charge in [0.05, 0.1) is 6.54 Å². The average molecular weight is 351 g/mol. The van der Waals surface area contributed by atoms with Crippen molar-refractivity contribution in [2.45, 2.75) is 26.9 Å². The molecule has 0 bridgehead atoms. The standard InChI is InChI=1S/C19H21N5O2/c1-14-3-5-16(6-4-14)13-24-18(25)8-7-17(22-24)19(26)21-10-12-23-11-9-20-15(23)2/h3-9,11H,10,12-13H2,1-2H3,(H,21,26). The van der Waals surface area contributed by atoms with Crippen LogP contribution in [0.15, 0.2) is 53.6 Å². The summed E-state index contributed by atoms with van der Waals surface area (Å²) in [5, 5.41) is 7.01. The first-order valence-electron chi connectivity index (χ1n) is 8.42. The van der Waals surface area contributed by atoms with Crippen LogP contribution < -0.4 is 10.9 Å². The van der Waals surface area contributed by atoms with Crippen LogP contribution in [-0.2, 0) is 13.1 Å². The number of amides is 1. The van der Waals surface area contributed by atoms with E-state index in [0.717, 1.165) is 17.0 Å². The molecular formula is C19H21N5O2. The van der Waals surface area contributed by atoms with Gasteiger partial charge in [-0.2, -0.15) is 5.10 Å². The molecule has 2 aromatic heterocycles. The van der Waals surface area contributed by atoms with E-state index in [1.54, 1.807) is 6.20 Å². The molecule has 1 amide bonds. The van der Waals surface area contributed by atoms with E-state index in [0.29, 0.717) is 19.6 Å². The largest absolute Gasteiger partial charge is 0.349 e. The lowest BCUT2D eigenvalue weighted by atomic mass is 10.1. The first-order chi connectivity index (χ1) is 12.5. The molecule has 0 atom stereocenters. The van der Waals surface area contributed by atoms with Crippen LogP contribution in [0, 0.1) is 13.8 Å². The van der Waals surface area contributed by atoms with Gasteiger partial charge in [0.2, 0.25) is 0 Å². The number of rotatable bonds is 6. The number of nitrogens with zero attached hydrogens (tertiary/aromatic N) is 4. The van der Waals surface area contributed by atoms with Crippen molar-refractivity contribution < 1.29 is 4.79 Å². The number of hydrogen-bond acceptors (Lipinski definition) is 4. The molecule has 0 fully saturated rings. The quantitative estimate of drug-likeness (QED) is 0.730. The van der Waals surface area contributed by atoms with Gasteiger partial charge in [-0.25, -0.2) is 9.67 Å². The number of hydrogen-bond donors (Lipinski definition) is 1. The maximum atomic E-state index is 12.3. The van der Waals surface area contributed by atoms with Gasteiger partial charge in [-0.15, -0.1) is 0 Å². The lowest BCUT2D eigenvalue weighted by Gasteiger charge is -2.09. The Labute approximate surface area is 151 Å². The molecule has 1 aromatic carbocycles. The Kier molecular flexibility index (Phi) is 5.26. The van der Waals surface area contributed by atoms with Crippen molar-refractivity contribution in [3.63, 3.8) is 0 Å². The zero-order valence-corrected chi connectivity index (χ0v) is 14.8. The average Bonchev–Trinajstić information content (AvgIpc) is 3.04. The maximum absolute atomic E-state index is 12.3. The van der Waals surface area contributed by atoms with E-state index in [1.807, 2.05) is 48.9 Å². The molecular weight excluding hydrogens is 330 g/mol. The third kappa shape index (κ3) is 4.24. The van der Waals surface area contributed by atoms with Crippen LogP contribution in [0.3, 0.4) is 0 Å². The van der Waals surface area contributed by atoms with Crippen molar-refractivity contribution in [2.24, 2.45) is 0 Å². The highest BCUT2D eigenvalue weighted by molar-refractivity contribution is 5.91. The summed E-state index contributed by atoms with van der Waals surface area (Å²) in [5.74, 6) is 0.587. The molecule has 0 aliphatic rings. The smallest absolute Gasteiger partial charge is 0.271 e. The highest BCUT2D eigenvalue weighted by Gasteiger charge is 2.10. The Bertz CT molecular complexity index is 957. The minimum absolute atomic E-state index is 0.221. The number of aryl methyl sites for hydroxylation is 2. The van der Waals surface area contributed by atoms with Crippen molar-refractivity contribution in [1.82, 2.24) is 24.6 Å². The van der Waals surface area contributed by atoms with Crippen molar-refractivity contribution in [2.75, 3.05) is 6.54 Å². The van der Waals surface area contributed by atoms with E-state index in [2.05, 4.69) is 15.4 Å². The molecule has 3 rings (SSSR count). The Morgan fingerprint density at radius 2 is 1.88 bits per heavy atom. The molecule has 134 valence electrons. The summed E-state index contributed by atoms with van der Waals surface area (Å²) >= 11 is 0. The predicted octanol–water partition coefficient (Wildman–Crippen LogP) is 1.53. The fraction of sp³-hybridized carbons (Fsp3) is 0.263. The summed E-state index contributed by atoms with van der Waals surface area (Å²) in [6.45, 7) is 5.32. The van der Waals surface area contributed by atoms with Gasteiger partial charge >= 0.3 is 0 Å². The van der Waals surface area contributed by atoms with E-state index >= 15 is 0 Å². The van der Waals surface area contributed by atoms with Gasteiger partial charge < -0.3 is 9.88 Å². The van der Waals surface area contributed by atoms with Crippen molar-refractivity contribution in [3.05, 3.63) is 81.8 Å². The van der Waals surface area contributed by atoms with E-state index < -0.39 is 0 Å². The second kappa shape index (κ2) is 7.77. The van der Waals surface area contributed by atoms with E-state index in [-0.39, 0.29) is 17.2 Å². The summed E-state index contributed by atoms with van der Waals surface area (Å²) in [6.07, 6.45) is 3.58. The van der Waals surface area contributed by atoms with Crippen LogP contribution in [0.5, 0.6) is 0 Å². The molecule has 3 aromatic rings. The molecule has 2 heterocycles. The number of benzene rings is 1. The Morgan fingerprint density at radius 1 is 1.12 bits per heavy atom. The highest BCUT2D eigenvalue weighted by Crippen LogP contribution is 2.04. The lowest BCUT2D eigenvalue weighted by molar-refractivity contribution is 0.0944. The van der Waals surface area contributed by atoms with Crippen molar-refractivity contribution >= 4 is 5.91 Å². The zero-order valence-electron chi connectivity index (χ0n) is 14.8. The predicted molar refractivity (Wildman–Crippen MR) is 98.1 cm³/mol. The molecule has 7 heteroatoms. The molecule has 0 radical (unpaired) electrons. The van der Waals surface area contributed by atoms with Gasteiger partial charge in [-0.1, -0.05) is 29.8 Å². The van der Waals surface area contributed by atoms with Crippen LogP contribution in [-0.4, -0.2) is 31.8 Å². The molecule has 1 N–H and O–H groups in total. The summed E-state index contributed by atoms with van der Waals surface area (Å²) in [6, 6.07) is 10.7. The van der Waals surface area contributed by atoms with Gasteiger partial charge in [-0.05, 0) is 25.5 Å². The number of carbonyl (C=O) groups is 1. The Hall–Kier alpha value is -3.22. The molecule has 0 aliphatic heterocycles. The number of imidazole rings is 1. The fourth-order valence-corrected chi connectivity index (χ4v) is 2.57. The highest BCUT2D eigenvalue weighted by atomic mass is 16.2. The molecule has 0 spiro atoms. The first-order valence-corrected chi connectivity index (χ1v) is 8.42. The third-order valence-electron chi connectivity index (χ3n) is 4.11. The van der Waals surface area contributed by atoms with Crippen LogP contribution >= 0.6 is 0 Å². The number of carbonyl (C=O) groups excluding carboxylic acids is 1. The summed E-state index contributed by atoms with van der Waals surface area (Å²) in [7, 11) is 0. The van der Waals surface area contributed by atoms with Gasteiger partial charge in [0.25, 0.3) is 11.5 Å². The van der Waals surface area contributed by atoms with Crippen LogP contribution in [0.2, 0.25) is 0 Å². The number of nitrogens with one attached hydrogen (secondary N) is 1. The van der Waals surface area contributed by atoms with Gasteiger partial charge in [0.15, 0.2) is 0 Å². The van der Waals surface area contributed by atoms with Gasteiger partial charge in [0, 0.05) is 31.5 Å². The number of aromatic nitrogens is 4. The second-order valence-corrected chi connectivity index (χ2v) is 6.12. The third-order valence-corrected chi connectivity index (χ3v) is 4.11. The van der Waals surface area contributed by atoms with Crippen molar-refractivity contribution in [3.8, 4) is 0 Å². The monoisotopic (exact) mass is 351 g/mol. The Morgan fingerprint density at radius 3 is 2.58 bits per heavy atom.